The summed E-state index contributed by atoms with van der Waals surface area (Å²) in [6.45, 7) is 2.29. The highest BCUT2D eigenvalue weighted by Gasteiger charge is 2.45. The zero-order valence-corrected chi connectivity index (χ0v) is 12.7. The van der Waals surface area contributed by atoms with Gasteiger partial charge in [-0.25, -0.2) is 4.79 Å². The van der Waals surface area contributed by atoms with Crippen LogP contribution in [0.4, 0.5) is 0 Å². The van der Waals surface area contributed by atoms with Crippen molar-refractivity contribution in [3.8, 4) is 0 Å². The fraction of sp³-hybridized carbons (Fsp3) is 0.562. The normalized spacial score (nSPS) is 29.3. The van der Waals surface area contributed by atoms with Crippen molar-refractivity contribution in [1.82, 2.24) is 0 Å². The number of hydrogen-bond acceptors (Lipinski definition) is 4. The van der Waals surface area contributed by atoms with Crippen LogP contribution in [-0.4, -0.2) is 28.7 Å². The van der Waals surface area contributed by atoms with E-state index in [4.69, 9.17) is 4.74 Å². The second-order valence-corrected chi connectivity index (χ2v) is 6.64. The third-order valence-corrected chi connectivity index (χ3v) is 5.12. The lowest BCUT2D eigenvalue weighted by Gasteiger charge is -2.31. The molecule has 0 radical (unpaired) electrons. The highest BCUT2D eigenvalue weighted by Crippen LogP contribution is 2.35. The van der Waals surface area contributed by atoms with E-state index in [1.807, 2.05) is 25.1 Å². The van der Waals surface area contributed by atoms with Crippen molar-refractivity contribution in [2.75, 3.05) is 12.4 Å². The molecule has 110 valence electrons. The molecular formula is C16H22O3S. The summed E-state index contributed by atoms with van der Waals surface area (Å²) in [6.07, 6.45) is 4.22. The van der Waals surface area contributed by atoms with Crippen molar-refractivity contribution in [2.45, 2.75) is 43.5 Å². The number of ether oxygens (including phenoxy) is 1. The molecular weight excluding hydrogens is 272 g/mol. The lowest BCUT2D eigenvalue weighted by molar-refractivity contribution is -0.166. The van der Waals surface area contributed by atoms with E-state index in [9.17, 15) is 9.90 Å². The maximum Gasteiger partial charge on any atom is 0.344 e. The summed E-state index contributed by atoms with van der Waals surface area (Å²) < 4.78 is 5.31. The lowest BCUT2D eigenvalue weighted by Crippen LogP contribution is -2.45. The van der Waals surface area contributed by atoms with Gasteiger partial charge in [0.05, 0.1) is 6.61 Å². The first kappa shape index (κ1) is 15.4. The Balaban J connectivity index is 2.29. The van der Waals surface area contributed by atoms with Crippen molar-refractivity contribution in [1.29, 1.82) is 0 Å². The second-order valence-electron chi connectivity index (χ2n) is 5.20. The molecule has 1 N–H and O–H groups in total. The number of aliphatic hydroxyl groups is 1. The molecule has 4 heteroatoms. The van der Waals surface area contributed by atoms with E-state index < -0.39 is 11.6 Å². The molecule has 0 saturated carbocycles. The van der Waals surface area contributed by atoms with Crippen LogP contribution in [-0.2, 0) is 15.1 Å². The van der Waals surface area contributed by atoms with Crippen LogP contribution in [0.5, 0.6) is 0 Å². The minimum absolute atomic E-state index is 0.226. The molecule has 1 aromatic rings. The van der Waals surface area contributed by atoms with Crippen LogP contribution in [0.2, 0.25) is 0 Å². The van der Waals surface area contributed by atoms with Crippen LogP contribution in [0.15, 0.2) is 30.3 Å². The molecule has 3 nitrogen and oxygen atoms in total. The summed E-state index contributed by atoms with van der Waals surface area (Å²) in [5, 5.41) is 10.8. The summed E-state index contributed by atoms with van der Waals surface area (Å²) in [4.78, 5) is 12.4. The summed E-state index contributed by atoms with van der Waals surface area (Å²) in [5.74, 6) is 0.439. The van der Waals surface area contributed by atoms with Gasteiger partial charge < -0.3 is 9.84 Å². The molecule has 1 heterocycles. The molecule has 2 rings (SSSR count). The molecule has 1 aliphatic heterocycles. The molecule has 1 fully saturated rings. The van der Waals surface area contributed by atoms with E-state index in [0.717, 1.165) is 31.4 Å². The van der Waals surface area contributed by atoms with E-state index in [2.05, 4.69) is 0 Å². The Labute approximate surface area is 124 Å². The van der Waals surface area contributed by atoms with Gasteiger partial charge in [-0.2, -0.15) is 11.8 Å². The summed E-state index contributed by atoms with van der Waals surface area (Å²) in [7, 11) is 0. The Morgan fingerprint density at radius 2 is 1.90 bits per heavy atom. The van der Waals surface area contributed by atoms with Crippen molar-refractivity contribution >= 4 is 17.7 Å². The molecule has 0 spiro atoms. The van der Waals surface area contributed by atoms with Crippen LogP contribution in [0.25, 0.3) is 0 Å². The molecule has 0 aromatic heterocycles. The Kier molecular flexibility index (Phi) is 5.49. The first-order valence-electron chi connectivity index (χ1n) is 7.22. The molecule has 0 amide bonds. The van der Waals surface area contributed by atoms with Gasteiger partial charge in [0.15, 0.2) is 5.60 Å². The topological polar surface area (TPSA) is 46.5 Å². The number of carbonyl (C=O) groups excluding carboxylic acids is 1. The highest BCUT2D eigenvalue weighted by atomic mass is 32.2. The highest BCUT2D eigenvalue weighted by molar-refractivity contribution is 7.99. The van der Waals surface area contributed by atoms with Gasteiger partial charge in [-0.1, -0.05) is 43.2 Å². The van der Waals surface area contributed by atoms with E-state index >= 15 is 0 Å². The smallest absolute Gasteiger partial charge is 0.344 e. The van der Waals surface area contributed by atoms with Gasteiger partial charge in [0.25, 0.3) is 0 Å². The largest absolute Gasteiger partial charge is 0.463 e. The van der Waals surface area contributed by atoms with Gasteiger partial charge in [-0.15, -0.1) is 0 Å². The van der Waals surface area contributed by atoms with Crippen molar-refractivity contribution < 1.29 is 14.6 Å². The van der Waals surface area contributed by atoms with Crippen LogP contribution in [0, 0.1) is 0 Å². The van der Waals surface area contributed by atoms with E-state index in [1.165, 1.54) is 0 Å². The Bertz CT molecular complexity index is 435. The van der Waals surface area contributed by atoms with E-state index in [1.54, 1.807) is 23.9 Å². The predicted octanol–water partition coefficient (Wildman–Crippen LogP) is 3.11. The van der Waals surface area contributed by atoms with Gasteiger partial charge >= 0.3 is 5.97 Å². The number of cyclic esters (lactones) is 1. The number of benzene rings is 1. The lowest BCUT2D eigenvalue weighted by atomic mass is 9.91. The zero-order chi connectivity index (χ0) is 14.4. The van der Waals surface area contributed by atoms with Gasteiger partial charge in [-0.3, -0.25) is 0 Å². The van der Waals surface area contributed by atoms with Gasteiger partial charge in [0.1, 0.15) is 0 Å². The molecule has 2 atom stereocenters. The summed E-state index contributed by atoms with van der Waals surface area (Å²) in [6, 6.07) is 9.13. The molecule has 1 aromatic carbocycles. The van der Waals surface area contributed by atoms with E-state index in [0.29, 0.717) is 12.2 Å². The minimum atomic E-state index is -1.56. The number of rotatable bonds is 1. The number of esters is 1. The third kappa shape index (κ3) is 3.36. The quantitative estimate of drug-likeness (QED) is 0.808. The molecule has 20 heavy (non-hydrogen) atoms. The number of hydrogen-bond donors (Lipinski definition) is 1. The Hall–Kier alpha value is -1.00. The van der Waals surface area contributed by atoms with Crippen LogP contribution in [0.3, 0.4) is 0 Å². The second kappa shape index (κ2) is 7.14. The fourth-order valence-electron chi connectivity index (χ4n) is 2.42. The van der Waals surface area contributed by atoms with Gasteiger partial charge in [-0.05, 0) is 31.1 Å². The first-order chi connectivity index (χ1) is 9.65. The molecule has 1 aliphatic rings. The molecule has 2 unspecified atom stereocenters. The van der Waals surface area contributed by atoms with Gasteiger partial charge in [0.2, 0.25) is 0 Å². The van der Waals surface area contributed by atoms with Crippen LogP contribution < -0.4 is 0 Å². The maximum atomic E-state index is 12.4. The average Bonchev–Trinajstić information content (AvgIpc) is 2.51. The third-order valence-electron chi connectivity index (χ3n) is 3.75. The van der Waals surface area contributed by atoms with Crippen molar-refractivity contribution in [3.05, 3.63) is 35.9 Å². The van der Waals surface area contributed by atoms with Crippen LogP contribution >= 0.6 is 11.8 Å². The molecule has 0 bridgehead atoms. The Morgan fingerprint density at radius 3 is 2.65 bits per heavy atom. The zero-order valence-electron chi connectivity index (χ0n) is 11.9. The number of thioether (sulfide) groups is 1. The van der Waals surface area contributed by atoms with Crippen molar-refractivity contribution in [3.63, 3.8) is 0 Å². The summed E-state index contributed by atoms with van der Waals surface area (Å²) in [5.41, 5.74) is -0.944. The van der Waals surface area contributed by atoms with Gasteiger partial charge in [0, 0.05) is 5.25 Å². The summed E-state index contributed by atoms with van der Waals surface area (Å²) >= 11 is 1.64. The van der Waals surface area contributed by atoms with Crippen molar-refractivity contribution in [2.24, 2.45) is 0 Å². The monoisotopic (exact) mass is 294 g/mol. The first-order valence-corrected chi connectivity index (χ1v) is 8.27. The molecule has 0 aliphatic carbocycles. The Morgan fingerprint density at radius 1 is 1.20 bits per heavy atom. The maximum absolute atomic E-state index is 12.4. The average molecular weight is 294 g/mol. The predicted molar refractivity (Wildman–Crippen MR) is 81.7 cm³/mol. The minimum Gasteiger partial charge on any atom is -0.463 e. The fourth-order valence-corrected chi connectivity index (χ4v) is 3.62. The molecule has 1 saturated heterocycles. The van der Waals surface area contributed by atoms with Crippen LogP contribution in [0.1, 0.15) is 38.2 Å². The number of carbonyl (C=O) groups is 1. The standard InChI is InChI=1S/C16H22O3S/c1-13-16(18,14-9-5-4-6-10-14)15(17)19-11-7-2-3-8-12-20-13/h4-6,9-10,13,18H,2-3,7-8,11-12H2,1H3. The SMILES string of the molecule is CC1SCCCCCCOC(=O)C1(O)c1ccccc1. The van der Waals surface area contributed by atoms with E-state index in [-0.39, 0.29) is 5.25 Å².